The molecule has 1 heterocycles. The third-order valence-corrected chi connectivity index (χ3v) is 14.4. The molecule has 9 N–H and O–H groups in total. The first kappa shape index (κ1) is 65.2. The Morgan fingerprint density at radius 1 is 0.606 bits per heavy atom. The molecule has 0 aromatic rings. The summed E-state index contributed by atoms with van der Waals surface area (Å²) < 4.78 is 45.4. The van der Waals surface area contributed by atoms with E-state index in [-0.39, 0.29) is 6.42 Å². The second kappa shape index (κ2) is 38.6. The topological polar surface area (TPSA) is 289 Å². The predicted octanol–water partition coefficient (Wildman–Crippen LogP) is 6.91. The van der Waals surface area contributed by atoms with Crippen molar-refractivity contribution in [2.75, 3.05) is 19.8 Å². The van der Waals surface area contributed by atoms with Gasteiger partial charge in [0.1, 0.15) is 67.6 Å². The number of phosphoric acid groups is 1. The Bertz CT molecular complexity index is 1480. The molecule has 2 fully saturated rings. The highest BCUT2D eigenvalue weighted by Gasteiger charge is 2.55. The molecule has 416 valence electrons. The summed E-state index contributed by atoms with van der Waals surface area (Å²) in [4.78, 5) is 36.5. The molecule has 2 rings (SSSR count). The number of allylic oxidation sites excluding steroid dienone is 3. The van der Waals surface area contributed by atoms with Gasteiger partial charge in [0, 0.05) is 12.5 Å². The van der Waals surface area contributed by atoms with Crippen molar-refractivity contribution in [1.29, 1.82) is 0 Å². The summed E-state index contributed by atoms with van der Waals surface area (Å²) in [5, 5.41) is 83.0. The fourth-order valence-electron chi connectivity index (χ4n) is 8.86. The van der Waals surface area contributed by atoms with Crippen molar-refractivity contribution in [3.8, 4) is 0 Å². The van der Waals surface area contributed by atoms with E-state index in [1.54, 1.807) is 6.08 Å². The molecule has 14 atom stereocenters. The highest BCUT2D eigenvalue weighted by molar-refractivity contribution is 7.47. The summed E-state index contributed by atoms with van der Waals surface area (Å²) in [6, 6.07) is 0. The lowest BCUT2D eigenvalue weighted by Gasteiger charge is -2.47. The summed E-state index contributed by atoms with van der Waals surface area (Å²) in [6.45, 7) is 4.48. The Morgan fingerprint density at radius 2 is 1.10 bits per heavy atom. The van der Waals surface area contributed by atoms with Crippen molar-refractivity contribution in [2.24, 2.45) is 5.92 Å². The molecular formula is C52H95O18P. The highest BCUT2D eigenvalue weighted by Crippen LogP contribution is 2.48. The van der Waals surface area contributed by atoms with E-state index in [1.807, 2.05) is 6.08 Å². The van der Waals surface area contributed by atoms with E-state index < -0.39 is 113 Å². The smallest absolute Gasteiger partial charge is 0.462 e. The van der Waals surface area contributed by atoms with Gasteiger partial charge in [-0.25, -0.2) is 9.36 Å². The molecule has 0 radical (unpaired) electrons. The number of ether oxygens (including phenoxy) is 4. The number of esters is 2. The molecule has 1 saturated carbocycles. The molecule has 1 aliphatic carbocycles. The second-order valence-electron chi connectivity index (χ2n) is 19.8. The molecule has 14 unspecified atom stereocenters. The monoisotopic (exact) mass is 1040 g/mol. The first-order valence-corrected chi connectivity index (χ1v) is 28.6. The zero-order valence-electron chi connectivity index (χ0n) is 43.2. The van der Waals surface area contributed by atoms with Gasteiger partial charge in [-0.15, -0.1) is 0 Å². The van der Waals surface area contributed by atoms with Gasteiger partial charge >= 0.3 is 19.8 Å². The van der Waals surface area contributed by atoms with E-state index in [0.717, 1.165) is 56.9 Å². The van der Waals surface area contributed by atoms with Crippen LogP contribution in [-0.2, 0) is 42.1 Å². The largest absolute Gasteiger partial charge is 0.472 e. The van der Waals surface area contributed by atoms with Gasteiger partial charge < -0.3 is 64.7 Å². The van der Waals surface area contributed by atoms with Crippen LogP contribution in [0.3, 0.4) is 0 Å². The number of aliphatic hydroxyl groups is 8. The molecule has 0 amide bonds. The summed E-state index contributed by atoms with van der Waals surface area (Å²) in [7, 11) is -5.40. The van der Waals surface area contributed by atoms with Crippen LogP contribution in [-0.4, -0.2) is 151 Å². The van der Waals surface area contributed by atoms with E-state index in [0.29, 0.717) is 6.42 Å². The van der Waals surface area contributed by atoms with Crippen LogP contribution in [0.4, 0.5) is 0 Å². The van der Waals surface area contributed by atoms with Crippen molar-refractivity contribution in [2.45, 2.75) is 268 Å². The van der Waals surface area contributed by atoms with Gasteiger partial charge in [-0.05, 0) is 25.2 Å². The molecular weight excluding hydrogens is 944 g/mol. The minimum absolute atomic E-state index is 0.0914. The minimum Gasteiger partial charge on any atom is -0.462 e. The van der Waals surface area contributed by atoms with Crippen LogP contribution in [0.1, 0.15) is 194 Å². The molecule has 0 aromatic heterocycles. The van der Waals surface area contributed by atoms with Crippen LogP contribution >= 0.6 is 7.82 Å². The molecule has 71 heavy (non-hydrogen) atoms. The Hall–Kier alpha value is -1.87. The molecule has 19 heteroatoms. The normalized spacial score (nSPS) is 27.7. The van der Waals surface area contributed by atoms with Crippen molar-refractivity contribution in [3.63, 3.8) is 0 Å². The average Bonchev–Trinajstić information content (AvgIpc) is 3.35. The molecule has 0 bridgehead atoms. The summed E-state index contributed by atoms with van der Waals surface area (Å²) in [5.41, 5.74) is 0. The van der Waals surface area contributed by atoms with Crippen LogP contribution in [0.5, 0.6) is 0 Å². The van der Waals surface area contributed by atoms with Crippen LogP contribution in [0, 0.1) is 5.92 Å². The first-order chi connectivity index (χ1) is 34.1. The maximum Gasteiger partial charge on any atom is 0.472 e. The van der Waals surface area contributed by atoms with Gasteiger partial charge in [-0.2, -0.15) is 0 Å². The molecule has 0 aromatic carbocycles. The van der Waals surface area contributed by atoms with Gasteiger partial charge in [0.2, 0.25) is 0 Å². The number of hydrogen-bond donors (Lipinski definition) is 9. The van der Waals surface area contributed by atoms with Crippen molar-refractivity contribution < 1.29 is 87.9 Å². The quantitative estimate of drug-likeness (QED) is 0.00989. The van der Waals surface area contributed by atoms with Gasteiger partial charge in [-0.1, -0.05) is 187 Å². The highest BCUT2D eigenvalue weighted by atomic mass is 31.2. The standard InChI is InChI=1S/C52H95O18P/c1-4-6-8-10-12-13-14-15-16-17-18-19-20-26-30-34-42(55)67-39(36-65-41(54)33-29-25-22-21-24-28-32-38(3)31-27-23-11-9-7-5-2)37-66-71(63,64)70-51-48(61)46(59)45(58)47(60)50(51)69-52-49(62)44(57)43(56)40(35-53)68-52/h20,26,30,34,38-40,43-53,56-62H,4-19,21-25,27-29,31-33,35-37H2,1-3H3,(H,63,64)/b26-20+,34-30+. The van der Waals surface area contributed by atoms with Crippen LogP contribution in [0.2, 0.25) is 0 Å². The summed E-state index contributed by atoms with van der Waals surface area (Å²) in [5.74, 6) is -0.736. The maximum atomic E-state index is 13.4. The number of hydrogen-bond acceptors (Lipinski definition) is 17. The van der Waals surface area contributed by atoms with E-state index in [2.05, 4.69) is 20.8 Å². The number of phosphoric ester groups is 1. The number of carbonyl (C=O) groups is 2. The van der Waals surface area contributed by atoms with Gasteiger partial charge in [0.05, 0.1) is 13.2 Å². The Balaban J connectivity index is 1.97. The van der Waals surface area contributed by atoms with E-state index in [1.165, 1.54) is 122 Å². The molecule has 0 spiro atoms. The lowest BCUT2D eigenvalue weighted by atomic mass is 9.84. The van der Waals surface area contributed by atoms with E-state index in [4.69, 9.17) is 28.0 Å². The zero-order chi connectivity index (χ0) is 52.4. The van der Waals surface area contributed by atoms with Crippen LogP contribution < -0.4 is 0 Å². The fourth-order valence-corrected chi connectivity index (χ4v) is 9.83. The molecule has 18 nitrogen and oxygen atoms in total. The Morgan fingerprint density at radius 3 is 1.65 bits per heavy atom. The van der Waals surface area contributed by atoms with Crippen LogP contribution in [0.25, 0.3) is 0 Å². The number of rotatable bonds is 41. The number of carbonyl (C=O) groups excluding carboxylic acids is 2. The number of aliphatic hydroxyl groups excluding tert-OH is 8. The van der Waals surface area contributed by atoms with Gasteiger partial charge in [-0.3, -0.25) is 13.8 Å². The lowest BCUT2D eigenvalue weighted by Crippen LogP contribution is -2.67. The second-order valence-corrected chi connectivity index (χ2v) is 21.2. The number of unbranched alkanes of at least 4 members (excludes halogenated alkanes) is 21. The molecule has 1 saturated heterocycles. The van der Waals surface area contributed by atoms with Gasteiger partial charge in [0.15, 0.2) is 12.4 Å². The van der Waals surface area contributed by atoms with Crippen molar-refractivity contribution in [3.05, 3.63) is 24.3 Å². The Labute approximate surface area is 424 Å². The SMILES string of the molecule is CCCCCCCCCCCCC/C=C/C=C/C(=O)OC(COC(=O)CCCCCCCCC(C)CCCCCCCC)COP(=O)(O)OC1C(O)C(O)C(O)C(O)C1OC1OC(CO)C(O)C(O)C1O. The maximum absolute atomic E-state index is 13.4. The minimum atomic E-state index is -5.40. The van der Waals surface area contributed by atoms with Crippen molar-refractivity contribution in [1.82, 2.24) is 0 Å². The first-order valence-electron chi connectivity index (χ1n) is 27.1. The fraction of sp³-hybridized carbons (Fsp3) is 0.885. The molecule has 1 aliphatic heterocycles. The molecule has 2 aliphatic rings. The van der Waals surface area contributed by atoms with Crippen LogP contribution in [0.15, 0.2) is 24.3 Å². The van der Waals surface area contributed by atoms with E-state index >= 15 is 0 Å². The van der Waals surface area contributed by atoms with Crippen molar-refractivity contribution >= 4 is 19.8 Å². The lowest BCUT2D eigenvalue weighted by molar-refractivity contribution is -0.338. The summed E-state index contributed by atoms with van der Waals surface area (Å²) in [6.07, 6.45) is 13.2. The zero-order valence-corrected chi connectivity index (χ0v) is 44.1. The third-order valence-electron chi connectivity index (χ3n) is 13.4. The van der Waals surface area contributed by atoms with E-state index in [9.17, 15) is 59.9 Å². The third kappa shape index (κ3) is 27.5. The summed E-state index contributed by atoms with van der Waals surface area (Å²) >= 11 is 0. The average molecular weight is 1040 g/mol. The predicted molar refractivity (Wildman–Crippen MR) is 268 cm³/mol. The Kier molecular flexibility index (Phi) is 35.5. The van der Waals surface area contributed by atoms with Gasteiger partial charge in [0.25, 0.3) is 0 Å².